The number of rotatable bonds is 4. The third-order valence-corrected chi connectivity index (χ3v) is 4.96. The SMILES string of the molecule is COc1cc(C)c(NC(=O)c2oc3c(c2C)C(=O)CC(C)(C)C3)cc1OC. The van der Waals surface area contributed by atoms with Crippen LogP contribution in [0.4, 0.5) is 5.69 Å². The summed E-state index contributed by atoms with van der Waals surface area (Å²) < 4.78 is 16.4. The molecule has 144 valence electrons. The third-order valence-electron chi connectivity index (χ3n) is 4.96. The van der Waals surface area contributed by atoms with Gasteiger partial charge in [-0.05, 0) is 30.9 Å². The molecule has 6 nitrogen and oxygen atoms in total. The number of Topliss-reactive ketones (excluding diaryl/α,β-unsaturated/α-hetero) is 1. The van der Waals surface area contributed by atoms with Crippen molar-refractivity contribution in [2.24, 2.45) is 5.41 Å². The van der Waals surface area contributed by atoms with Crippen molar-refractivity contribution >= 4 is 17.4 Å². The highest BCUT2D eigenvalue weighted by Gasteiger charge is 2.37. The number of anilines is 1. The molecule has 1 N–H and O–H groups in total. The molecule has 1 aliphatic carbocycles. The Morgan fingerprint density at radius 3 is 2.37 bits per heavy atom. The van der Waals surface area contributed by atoms with E-state index in [9.17, 15) is 9.59 Å². The molecule has 1 aliphatic rings. The van der Waals surface area contributed by atoms with Crippen molar-refractivity contribution in [3.05, 3.63) is 40.3 Å². The van der Waals surface area contributed by atoms with Gasteiger partial charge in [0.05, 0.1) is 19.8 Å². The number of fused-ring (bicyclic) bond motifs is 1. The number of aryl methyl sites for hydroxylation is 1. The summed E-state index contributed by atoms with van der Waals surface area (Å²) in [7, 11) is 3.10. The highest BCUT2D eigenvalue weighted by atomic mass is 16.5. The van der Waals surface area contributed by atoms with Gasteiger partial charge >= 0.3 is 0 Å². The number of amides is 1. The summed E-state index contributed by atoms with van der Waals surface area (Å²) in [6.45, 7) is 7.68. The Bertz CT molecular complexity index is 923. The van der Waals surface area contributed by atoms with Crippen molar-refractivity contribution in [1.29, 1.82) is 0 Å². The maximum Gasteiger partial charge on any atom is 0.291 e. The molecule has 0 atom stereocenters. The molecule has 3 rings (SSSR count). The molecule has 27 heavy (non-hydrogen) atoms. The zero-order valence-corrected chi connectivity index (χ0v) is 16.6. The number of hydrogen-bond acceptors (Lipinski definition) is 5. The minimum absolute atomic E-state index is 0.0313. The second kappa shape index (κ2) is 6.76. The van der Waals surface area contributed by atoms with Gasteiger partial charge in [0.2, 0.25) is 0 Å². The van der Waals surface area contributed by atoms with Crippen LogP contribution >= 0.6 is 0 Å². The molecule has 6 heteroatoms. The summed E-state index contributed by atoms with van der Waals surface area (Å²) in [4.78, 5) is 25.3. The summed E-state index contributed by atoms with van der Waals surface area (Å²) >= 11 is 0. The van der Waals surface area contributed by atoms with Crippen molar-refractivity contribution < 1.29 is 23.5 Å². The lowest BCUT2D eigenvalue weighted by molar-refractivity contribution is 0.0898. The first-order valence-electron chi connectivity index (χ1n) is 8.86. The number of hydrogen-bond donors (Lipinski definition) is 1. The second-order valence-electron chi connectivity index (χ2n) is 7.77. The largest absolute Gasteiger partial charge is 0.493 e. The molecule has 0 saturated carbocycles. The van der Waals surface area contributed by atoms with E-state index in [-0.39, 0.29) is 22.9 Å². The summed E-state index contributed by atoms with van der Waals surface area (Å²) in [5.41, 5.74) is 2.41. The Morgan fingerprint density at radius 1 is 1.11 bits per heavy atom. The molecule has 0 aliphatic heterocycles. The van der Waals surface area contributed by atoms with Crippen LogP contribution < -0.4 is 14.8 Å². The zero-order chi connectivity index (χ0) is 19.9. The first-order valence-corrected chi connectivity index (χ1v) is 8.86. The Morgan fingerprint density at radius 2 is 1.74 bits per heavy atom. The Balaban J connectivity index is 1.94. The third kappa shape index (κ3) is 3.44. The van der Waals surface area contributed by atoms with Crippen molar-refractivity contribution in [3.8, 4) is 11.5 Å². The van der Waals surface area contributed by atoms with E-state index in [1.54, 1.807) is 26.2 Å². The van der Waals surface area contributed by atoms with Gasteiger partial charge in [-0.1, -0.05) is 13.8 Å². The van der Waals surface area contributed by atoms with Crippen LogP contribution in [0, 0.1) is 19.3 Å². The number of methoxy groups -OCH3 is 2. The molecule has 0 fully saturated rings. The predicted molar refractivity (Wildman–Crippen MR) is 102 cm³/mol. The minimum atomic E-state index is -0.386. The molecular weight excluding hydrogens is 346 g/mol. The lowest BCUT2D eigenvalue weighted by Crippen LogP contribution is -2.26. The number of furan rings is 1. The molecule has 1 aromatic carbocycles. The van der Waals surface area contributed by atoms with Gasteiger partial charge in [-0.2, -0.15) is 0 Å². The average Bonchev–Trinajstić information content (AvgIpc) is 2.91. The predicted octanol–water partition coefficient (Wildman–Crippen LogP) is 4.32. The lowest BCUT2D eigenvalue weighted by Gasteiger charge is -2.27. The van der Waals surface area contributed by atoms with E-state index in [1.165, 1.54) is 7.11 Å². The van der Waals surface area contributed by atoms with Crippen molar-refractivity contribution in [2.75, 3.05) is 19.5 Å². The van der Waals surface area contributed by atoms with Crippen LogP contribution in [0.2, 0.25) is 0 Å². The van der Waals surface area contributed by atoms with E-state index in [4.69, 9.17) is 13.9 Å². The monoisotopic (exact) mass is 371 g/mol. The van der Waals surface area contributed by atoms with Crippen LogP contribution in [0.25, 0.3) is 0 Å². The molecule has 0 bridgehead atoms. The molecule has 0 saturated heterocycles. The first kappa shape index (κ1) is 19.0. The number of ketones is 1. The molecule has 1 aromatic heterocycles. The van der Waals surface area contributed by atoms with Gasteiger partial charge < -0.3 is 19.2 Å². The van der Waals surface area contributed by atoms with Gasteiger partial charge in [0, 0.05) is 30.2 Å². The number of carbonyl (C=O) groups excluding carboxylic acids is 2. The standard InChI is InChI=1S/C21H25NO5/c1-11-7-15(25-5)16(26-6)8-13(11)22-20(24)19-12(2)18-14(23)9-21(3,4)10-17(18)27-19/h7-8H,9-10H2,1-6H3,(H,22,24). The number of carbonyl (C=O) groups is 2. The molecule has 1 amide bonds. The molecule has 0 radical (unpaired) electrons. The van der Waals surface area contributed by atoms with Gasteiger partial charge in [-0.15, -0.1) is 0 Å². The average molecular weight is 371 g/mol. The molecule has 0 spiro atoms. The second-order valence-corrected chi connectivity index (χ2v) is 7.77. The fraction of sp³-hybridized carbons (Fsp3) is 0.429. The number of nitrogens with one attached hydrogen (secondary N) is 1. The van der Waals surface area contributed by atoms with Crippen molar-refractivity contribution in [1.82, 2.24) is 0 Å². The van der Waals surface area contributed by atoms with Gasteiger partial charge in [0.25, 0.3) is 5.91 Å². The van der Waals surface area contributed by atoms with Crippen LogP contribution in [0.1, 0.15) is 58.1 Å². The molecular formula is C21H25NO5. The van der Waals surface area contributed by atoms with E-state index >= 15 is 0 Å². The Kier molecular flexibility index (Phi) is 4.76. The Hall–Kier alpha value is -2.76. The Labute approximate surface area is 158 Å². The van der Waals surface area contributed by atoms with Gasteiger partial charge in [0.1, 0.15) is 5.76 Å². The van der Waals surface area contributed by atoms with Crippen molar-refractivity contribution in [3.63, 3.8) is 0 Å². The van der Waals surface area contributed by atoms with Crippen molar-refractivity contribution in [2.45, 2.75) is 40.5 Å². The van der Waals surface area contributed by atoms with E-state index in [2.05, 4.69) is 5.32 Å². The highest BCUT2D eigenvalue weighted by Crippen LogP contribution is 2.39. The summed E-state index contributed by atoms with van der Waals surface area (Å²) in [6.07, 6.45) is 1.09. The number of benzene rings is 1. The smallest absolute Gasteiger partial charge is 0.291 e. The first-order chi connectivity index (χ1) is 12.7. The normalized spacial score (nSPS) is 15.3. The van der Waals surface area contributed by atoms with E-state index in [0.29, 0.717) is 46.9 Å². The minimum Gasteiger partial charge on any atom is -0.493 e. The molecule has 2 aromatic rings. The maximum atomic E-state index is 12.8. The van der Waals surface area contributed by atoms with Gasteiger partial charge in [-0.25, -0.2) is 0 Å². The van der Waals surface area contributed by atoms with E-state index < -0.39 is 0 Å². The zero-order valence-electron chi connectivity index (χ0n) is 16.6. The van der Waals surface area contributed by atoms with Crippen LogP contribution in [0.3, 0.4) is 0 Å². The van der Waals surface area contributed by atoms with E-state index in [0.717, 1.165) is 5.56 Å². The molecule has 1 heterocycles. The highest BCUT2D eigenvalue weighted by molar-refractivity contribution is 6.08. The van der Waals surface area contributed by atoms with Gasteiger partial charge in [0.15, 0.2) is 23.0 Å². The van der Waals surface area contributed by atoms with Gasteiger partial charge in [-0.3, -0.25) is 9.59 Å². The summed E-state index contributed by atoms with van der Waals surface area (Å²) in [5.74, 6) is 1.53. The summed E-state index contributed by atoms with van der Waals surface area (Å²) in [5, 5.41) is 2.86. The van der Waals surface area contributed by atoms with Crippen LogP contribution in [0.5, 0.6) is 11.5 Å². The number of ether oxygens (including phenoxy) is 2. The quantitative estimate of drug-likeness (QED) is 0.866. The van der Waals surface area contributed by atoms with Crippen LogP contribution in [-0.4, -0.2) is 25.9 Å². The van der Waals surface area contributed by atoms with Crippen LogP contribution in [-0.2, 0) is 6.42 Å². The maximum absolute atomic E-state index is 12.8. The molecule has 0 unspecified atom stereocenters. The fourth-order valence-electron chi connectivity index (χ4n) is 3.59. The van der Waals surface area contributed by atoms with Crippen LogP contribution in [0.15, 0.2) is 16.5 Å². The fourth-order valence-corrected chi connectivity index (χ4v) is 3.59. The lowest BCUT2D eigenvalue weighted by atomic mass is 9.76. The topological polar surface area (TPSA) is 77.8 Å². The van der Waals surface area contributed by atoms with E-state index in [1.807, 2.05) is 20.8 Å². The summed E-state index contributed by atoms with van der Waals surface area (Å²) in [6, 6.07) is 3.50.